The van der Waals surface area contributed by atoms with Crippen LogP contribution in [0.4, 0.5) is 0 Å². The molecule has 18 heavy (non-hydrogen) atoms. The SMILES string of the molecule is N#CC1(c2nccc(-c3ccc(Br)cc3)n2)CC1. The van der Waals surface area contributed by atoms with Crippen molar-refractivity contribution in [3.8, 4) is 17.3 Å². The Kier molecular flexibility index (Phi) is 2.64. The summed E-state index contributed by atoms with van der Waals surface area (Å²) in [5, 5.41) is 9.17. The molecule has 1 aromatic carbocycles. The summed E-state index contributed by atoms with van der Waals surface area (Å²) in [5.41, 5.74) is 1.48. The molecule has 1 heterocycles. The fraction of sp³-hybridized carbons (Fsp3) is 0.214. The van der Waals surface area contributed by atoms with Gasteiger partial charge in [-0.3, -0.25) is 0 Å². The molecule has 0 bridgehead atoms. The molecule has 1 saturated carbocycles. The first kappa shape index (κ1) is 11.4. The molecule has 0 spiro atoms. The number of hydrogen-bond acceptors (Lipinski definition) is 3. The molecule has 2 aromatic rings. The van der Waals surface area contributed by atoms with Crippen molar-refractivity contribution in [3.05, 3.63) is 46.8 Å². The first-order chi connectivity index (χ1) is 8.73. The van der Waals surface area contributed by atoms with Gasteiger partial charge in [0.2, 0.25) is 0 Å². The van der Waals surface area contributed by atoms with Crippen molar-refractivity contribution < 1.29 is 0 Å². The molecule has 0 aliphatic heterocycles. The second kappa shape index (κ2) is 4.18. The smallest absolute Gasteiger partial charge is 0.149 e. The number of nitrogens with zero attached hydrogens (tertiary/aromatic N) is 3. The van der Waals surface area contributed by atoms with Crippen molar-refractivity contribution in [1.82, 2.24) is 9.97 Å². The predicted octanol–water partition coefficient (Wildman–Crippen LogP) is 3.46. The molecular weight excluding hydrogens is 290 g/mol. The molecule has 1 aromatic heterocycles. The summed E-state index contributed by atoms with van der Waals surface area (Å²) >= 11 is 3.41. The standard InChI is InChI=1S/C14H10BrN3/c15-11-3-1-10(2-4-11)12-5-8-17-13(18-12)14(9-16)6-7-14/h1-5,8H,6-7H2. The van der Waals surface area contributed by atoms with Gasteiger partial charge >= 0.3 is 0 Å². The van der Waals surface area contributed by atoms with Gasteiger partial charge in [-0.25, -0.2) is 9.97 Å². The maximum Gasteiger partial charge on any atom is 0.149 e. The van der Waals surface area contributed by atoms with E-state index in [2.05, 4.69) is 32.0 Å². The first-order valence-corrected chi connectivity index (χ1v) is 6.54. The van der Waals surface area contributed by atoms with E-state index in [9.17, 15) is 5.26 Å². The van der Waals surface area contributed by atoms with Crippen molar-refractivity contribution in [2.24, 2.45) is 0 Å². The van der Waals surface area contributed by atoms with Gasteiger partial charge in [0.15, 0.2) is 0 Å². The molecule has 1 fully saturated rings. The third-order valence-electron chi connectivity index (χ3n) is 3.19. The lowest BCUT2D eigenvalue weighted by molar-refractivity contribution is 0.799. The van der Waals surface area contributed by atoms with E-state index in [4.69, 9.17) is 0 Å². The van der Waals surface area contributed by atoms with Gasteiger partial charge in [0, 0.05) is 16.2 Å². The van der Waals surface area contributed by atoms with Crippen LogP contribution < -0.4 is 0 Å². The van der Waals surface area contributed by atoms with E-state index >= 15 is 0 Å². The maximum atomic E-state index is 9.17. The van der Waals surface area contributed by atoms with E-state index in [0.717, 1.165) is 28.6 Å². The maximum absolute atomic E-state index is 9.17. The average Bonchev–Trinajstić information content (AvgIpc) is 3.21. The Morgan fingerprint density at radius 3 is 2.50 bits per heavy atom. The molecule has 4 heteroatoms. The van der Waals surface area contributed by atoms with Crippen LogP contribution in [0.15, 0.2) is 41.0 Å². The highest BCUT2D eigenvalue weighted by atomic mass is 79.9. The van der Waals surface area contributed by atoms with Gasteiger partial charge in [0.1, 0.15) is 11.2 Å². The third kappa shape index (κ3) is 1.91. The summed E-state index contributed by atoms with van der Waals surface area (Å²) in [6.45, 7) is 0. The Labute approximate surface area is 114 Å². The van der Waals surface area contributed by atoms with E-state index in [1.807, 2.05) is 30.3 Å². The van der Waals surface area contributed by atoms with Crippen LogP contribution in [0, 0.1) is 11.3 Å². The lowest BCUT2D eigenvalue weighted by atomic mass is 10.1. The number of hydrogen-bond donors (Lipinski definition) is 0. The Balaban J connectivity index is 2.02. The molecule has 0 N–H and O–H groups in total. The lowest BCUT2D eigenvalue weighted by Crippen LogP contribution is -2.08. The zero-order valence-corrected chi connectivity index (χ0v) is 11.2. The fourth-order valence-corrected chi connectivity index (χ4v) is 2.15. The van der Waals surface area contributed by atoms with Gasteiger partial charge in [-0.2, -0.15) is 5.26 Å². The van der Waals surface area contributed by atoms with Crippen molar-refractivity contribution in [2.75, 3.05) is 0 Å². The molecule has 0 amide bonds. The molecular formula is C14H10BrN3. The zero-order valence-electron chi connectivity index (χ0n) is 9.60. The largest absolute Gasteiger partial charge is 0.240 e. The average molecular weight is 300 g/mol. The van der Waals surface area contributed by atoms with Crippen LogP contribution >= 0.6 is 15.9 Å². The lowest BCUT2D eigenvalue weighted by Gasteiger charge is -2.06. The van der Waals surface area contributed by atoms with Gasteiger partial charge in [-0.1, -0.05) is 28.1 Å². The van der Waals surface area contributed by atoms with E-state index in [1.165, 1.54) is 0 Å². The monoisotopic (exact) mass is 299 g/mol. The van der Waals surface area contributed by atoms with E-state index in [1.54, 1.807) is 6.20 Å². The molecule has 0 unspecified atom stereocenters. The summed E-state index contributed by atoms with van der Waals surface area (Å²) in [5.74, 6) is 0.658. The van der Waals surface area contributed by atoms with Crippen LogP contribution in [0.5, 0.6) is 0 Å². The number of rotatable bonds is 2. The van der Waals surface area contributed by atoms with Gasteiger partial charge in [0.05, 0.1) is 11.8 Å². The van der Waals surface area contributed by atoms with Gasteiger partial charge in [-0.05, 0) is 31.0 Å². The third-order valence-corrected chi connectivity index (χ3v) is 3.72. The van der Waals surface area contributed by atoms with Gasteiger partial charge < -0.3 is 0 Å². The minimum absolute atomic E-state index is 0.425. The van der Waals surface area contributed by atoms with Crippen molar-refractivity contribution in [1.29, 1.82) is 5.26 Å². The van der Waals surface area contributed by atoms with Crippen molar-refractivity contribution >= 4 is 15.9 Å². The van der Waals surface area contributed by atoms with E-state index in [0.29, 0.717) is 5.82 Å². The van der Waals surface area contributed by atoms with Crippen LogP contribution in [-0.4, -0.2) is 9.97 Å². The van der Waals surface area contributed by atoms with Crippen LogP contribution in [0.25, 0.3) is 11.3 Å². The highest BCUT2D eigenvalue weighted by molar-refractivity contribution is 9.10. The van der Waals surface area contributed by atoms with Gasteiger partial charge in [0.25, 0.3) is 0 Å². The molecule has 3 rings (SSSR count). The predicted molar refractivity (Wildman–Crippen MR) is 71.7 cm³/mol. The van der Waals surface area contributed by atoms with E-state index < -0.39 is 5.41 Å². The van der Waals surface area contributed by atoms with Crippen LogP contribution in [0.3, 0.4) is 0 Å². The summed E-state index contributed by atoms with van der Waals surface area (Å²) in [6, 6.07) is 12.2. The number of benzene rings is 1. The van der Waals surface area contributed by atoms with E-state index in [-0.39, 0.29) is 0 Å². The first-order valence-electron chi connectivity index (χ1n) is 5.74. The molecule has 3 nitrogen and oxygen atoms in total. The Morgan fingerprint density at radius 2 is 1.89 bits per heavy atom. The quantitative estimate of drug-likeness (QED) is 0.853. The molecule has 0 radical (unpaired) electrons. The number of nitriles is 1. The summed E-state index contributed by atoms with van der Waals surface area (Å²) < 4.78 is 1.04. The fourth-order valence-electron chi connectivity index (χ4n) is 1.88. The molecule has 1 aliphatic carbocycles. The van der Waals surface area contributed by atoms with Crippen molar-refractivity contribution in [3.63, 3.8) is 0 Å². The minimum atomic E-state index is -0.425. The van der Waals surface area contributed by atoms with Crippen LogP contribution in [0.2, 0.25) is 0 Å². The Bertz CT molecular complexity index is 624. The highest BCUT2D eigenvalue weighted by Gasteiger charge is 2.47. The normalized spacial score (nSPS) is 16.0. The summed E-state index contributed by atoms with van der Waals surface area (Å²) in [4.78, 5) is 8.77. The zero-order chi connectivity index (χ0) is 12.6. The second-order valence-electron chi connectivity index (χ2n) is 4.47. The Morgan fingerprint density at radius 1 is 1.17 bits per heavy atom. The number of halogens is 1. The minimum Gasteiger partial charge on any atom is -0.240 e. The number of aromatic nitrogens is 2. The Hall–Kier alpha value is -1.73. The van der Waals surface area contributed by atoms with Crippen LogP contribution in [-0.2, 0) is 5.41 Å². The molecule has 0 atom stereocenters. The van der Waals surface area contributed by atoms with Crippen LogP contribution in [0.1, 0.15) is 18.7 Å². The molecule has 1 aliphatic rings. The topological polar surface area (TPSA) is 49.6 Å². The molecule has 0 saturated heterocycles. The molecule has 88 valence electrons. The summed E-state index contributed by atoms with van der Waals surface area (Å²) in [6.07, 6.45) is 3.47. The highest BCUT2D eigenvalue weighted by Crippen LogP contribution is 2.46. The van der Waals surface area contributed by atoms with Gasteiger partial charge in [-0.15, -0.1) is 0 Å². The summed E-state index contributed by atoms with van der Waals surface area (Å²) in [7, 11) is 0. The second-order valence-corrected chi connectivity index (χ2v) is 5.38. The van der Waals surface area contributed by atoms with Crippen molar-refractivity contribution in [2.45, 2.75) is 18.3 Å².